The topological polar surface area (TPSA) is 77.8 Å². The van der Waals surface area contributed by atoms with Crippen LogP contribution in [0.2, 0.25) is 0 Å². The van der Waals surface area contributed by atoms with Crippen LogP contribution >= 0.6 is 0 Å². The highest BCUT2D eigenvalue weighted by molar-refractivity contribution is 7.89. The zero-order chi connectivity index (χ0) is 15.3. The van der Waals surface area contributed by atoms with E-state index in [2.05, 4.69) is 4.72 Å². The fourth-order valence-electron chi connectivity index (χ4n) is 1.80. The summed E-state index contributed by atoms with van der Waals surface area (Å²) in [6.07, 6.45) is 1.03. The summed E-state index contributed by atoms with van der Waals surface area (Å²) in [5, 5.41) is 0. The molecule has 0 aliphatic rings. The molecule has 1 aromatic carbocycles. The molecular formula is C14H17NO5S. The van der Waals surface area contributed by atoms with E-state index in [4.69, 9.17) is 13.9 Å². The molecule has 0 fully saturated rings. The first kappa shape index (κ1) is 15.6. The van der Waals surface area contributed by atoms with Crippen LogP contribution in [0.4, 0.5) is 0 Å². The van der Waals surface area contributed by atoms with Crippen molar-refractivity contribution in [2.24, 2.45) is 0 Å². The average molecular weight is 311 g/mol. The molecule has 2 aromatic rings. The van der Waals surface area contributed by atoms with Crippen molar-refractivity contribution in [3.63, 3.8) is 0 Å². The van der Waals surface area contributed by atoms with Crippen LogP contribution in [0.3, 0.4) is 0 Å². The third kappa shape index (κ3) is 3.84. The lowest BCUT2D eigenvalue weighted by molar-refractivity contribution is 0.0878. The van der Waals surface area contributed by atoms with Crippen molar-refractivity contribution < 1.29 is 22.3 Å². The van der Waals surface area contributed by atoms with Crippen LogP contribution in [0.1, 0.15) is 11.9 Å². The van der Waals surface area contributed by atoms with Crippen LogP contribution in [0.25, 0.3) is 0 Å². The average Bonchev–Trinajstić information content (AvgIpc) is 3.02. The monoisotopic (exact) mass is 311 g/mol. The number of methoxy groups -OCH3 is 2. The maximum absolute atomic E-state index is 12.2. The first-order valence-electron chi connectivity index (χ1n) is 6.26. The molecule has 2 rings (SSSR count). The molecule has 0 saturated carbocycles. The maximum Gasteiger partial charge on any atom is 0.240 e. The van der Waals surface area contributed by atoms with Gasteiger partial charge in [-0.2, -0.15) is 0 Å². The molecule has 21 heavy (non-hydrogen) atoms. The van der Waals surface area contributed by atoms with Crippen molar-refractivity contribution in [1.82, 2.24) is 4.72 Å². The van der Waals surface area contributed by atoms with Gasteiger partial charge in [0.25, 0.3) is 0 Å². The molecule has 1 heterocycles. The van der Waals surface area contributed by atoms with E-state index >= 15 is 0 Å². The highest BCUT2D eigenvalue weighted by Gasteiger charge is 2.19. The van der Waals surface area contributed by atoms with E-state index in [1.807, 2.05) is 0 Å². The zero-order valence-corrected chi connectivity index (χ0v) is 12.6. The van der Waals surface area contributed by atoms with Crippen molar-refractivity contribution in [2.75, 3.05) is 20.8 Å². The highest BCUT2D eigenvalue weighted by atomic mass is 32.2. The second kappa shape index (κ2) is 6.75. The van der Waals surface area contributed by atoms with Crippen molar-refractivity contribution in [2.45, 2.75) is 11.0 Å². The molecule has 7 heteroatoms. The van der Waals surface area contributed by atoms with Crippen LogP contribution in [0.5, 0.6) is 5.75 Å². The summed E-state index contributed by atoms with van der Waals surface area (Å²) in [6.45, 7) is 0.0817. The summed E-state index contributed by atoms with van der Waals surface area (Å²) >= 11 is 0. The molecule has 1 N–H and O–H groups in total. The lowest BCUT2D eigenvalue weighted by Gasteiger charge is -2.14. The Bertz CT molecular complexity index is 649. The molecule has 114 valence electrons. The minimum atomic E-state index is -3.61. The summed E-state index contributed by atoms with van der Waals surface area (Å²) < 4.78 is 42.3. The van der Waals surface area contributed by atoms with Gasteiger partial charge in [0.15, 0.2) is 0 Å². The highest BCUT2D eigenvalue weighted by Crippen LogP contribution is 2.18. The Morgan fingerprint density at radius 2 is 1.90 bits per heavy atom. The predicted octanol–water partition coefficient (Wildman–Crippen LogP) is 1.95. The SMILES string of the molecule is COc1ccc(S(=O)(=O)NCC(OC)c2ccco2)cc1. The van der Waals surface area contributed by atoms with E-state index in [-0.39, 0.29) is 11.4 Å². The van der Waals surface area contributed by atoms with Gasteiger partial charge in [0.1, 0.15) is 17.6 Å². The van der Waals surface area contributed by atoms with Crippen LogP contribution in [0, 0.1) is 0 Å². The third-order valence-electron chi connectivity index (χ3n) is 2.97. The third-order valence-corrected chi connectivity index (χ3v) is 4.41. The van der Waals surface area contributed by atoms with Gasteiger partial charge in [-0.15, -0.1) is 0 Å². The Kier molecular flexibility index (Phi) is 5.00. The van der Waals surface area contributed by atoms with Crippen molar-refractivity contribution >= 4 is 10.0 Å². The molecule has 1 aromatic heterocycles. The molecule has 0 amide bonds. The number of sulfonamides is 1. The normalized spacial score (nSPS) is 13.0. The largest absolute Gasteiger partial charge is 0.497 e. The van der Waals surface area contributed by atoms with E-state index in [9.17, 15) is 8.42 Å². The molecule has 1 unspecified atom stereocenters. The number of ether oxygens (including phenoxy) is 2. The number of hydrogen-bond donors (Lipinski definition) is 1. The molecule has 0 spiro atoms. The quantitative estimate of drug-likeness (QED) is 0.845. The Morgan fingerprint density at radius 3 is 2.43 bits per heavy atom. The molecule has 0 aliphatic carbocycles. The molecule has 6 nitrogen and oxygen atoms in total. The first-order valence-corrected chi connectivity index (χ1v) is 7.75. The summed E-state index contributed by atoms with van der Waals surface area (Å²) in [4.78, 5) is 0.164. The fraction of sp³-hybridized carbons (Fsp3) is 0.286. The van der Waals surface area contributed by atoms with Crippen molar-refractivity contribution in [1.29, 1.82) is 0 Å². The van der Waals surface area contributed by atoms with Gasteiger partial charge in [-0.3, -0.25) is 0 Å². The lowest BCUT2D eigenvalue weighted by Crippen LogP contribution is -2.29. The van der Waals surface area contributed by atoms with E-state index in [1.165, 1.54) is 32.6 Å². The van der Waals surface area contributed by atoms with Crippen molar-refractivity contribution in [3.8, 4) is 5.75 Å². The fourth-order valence-corrected chi connectivity index (χ4v) is 2.83. The van der Waals surface area contributed by atoms with Gasteiger partial charge in [-0.25, -0.2) is 13.1 Å². The standard InChI is InChI=1S/C14H17NO5S/c1-18-11-5-7-12(8-6-11)21(16,17)15-10-14(19-2)13-4-3-9-20-13/h3-9,14-15H,10H2,1-2H3. The lowest BCUT2D eigenvalue weighted by atomic mass is 10.3. The van der Waals surface area contributed by atoms with Gasteiger partial charge in [0.2, 0.25) is 10.0 Å². The van der Waals surface area contributed by atoms with Gasteiger partial charge >= 0.3 is 0 Å². The van der Waals surface area contributed by atoms with Crippen LogP contribution < -0.4 is 9.46 Å². The summed E-state index contributed by atoms with van der Waals surface area (Å²) in [5.41, 5.74) is 0. The Balaban J connectivity index is 2.06. The number of hydrogen-bond acceptors (Lipinski definition) is 5. The first-order chi connectivity index (χ1) is 10.1. The number of rotatable bonds is 7. The summed E-state index contributed by atoms with van der Waals surface area (Å²) in [6, 6.07) is 9.60. The summed E-state index contributed by atoms with van der Waals surface area (Å²) in [5.74, 6) is 1.16. The van der Waals surface area contributed by atoms with E-state index in [0.717, 1.165) is 0 Å². The number of nitrogens with one attached hydrogen (secondary N) is 1. The molecule has 0 radical (unpaired) electrons. The van der Waals surface area contributed by atoms with Gasteiger partial charge in [0.05, 0.1) is 18.3 Å². The van der Waals surface area contributed by atoms with E-state index in [0.29, 0.717) is 11.5 Å². The second-order valence-electron chi connectivity index (χ2n) is 4.27. The van der Waals surface area contributed by atoms with E-state index < -0.39 is 16.1 Å². The predicted molar refractivity (Wildman–Crippen MR) is 76.6 cm³/mol. The van der Waals surface area contributed by atoms with Gasteiger partial charge in [-0.05, 0) is 36.4 Å². The van der Waals surface area contributed by atoms with Crippen LogP contribution in [0.15, 0.2) is 52.0 Å². The van der Waals surface area contributed by atoms with E-state index in [1.54, 1.807) is 24.3 Å². The summed E-state index contributed by atoms with van der Waals surface area (Å²) in [7, 11) is -0.592. The Hall–Kier alpha value is -1.83. The molecular weight excluding hydrogens is 294 g/mol. The maximum atomic E-state index is 12.2. The van der Waals surface area contributed by atoms with Gasteiger partial charge < -0.3 is 13.9 Å². The van der Waals surface area contributed by atoms with Crippen molar-refractivity contribution in [3.05, 3.63) is 48.4 Å². The van der Waals surface area contributed by atoms with Gasteiger partial charge in [-0.1, -0.05) is 0 Å². The number of furan rings is 1. The zero-order valence-electron chi connectivity index (χ0n) is 11.8. The minimum Gasteiger partial charge on any atom is -0.497 e. The Morgan fingerprint density at radius 1 is 1.19 bits per heavy atom. The molecule has 0 aliphatic heterocycles. The molecule has 0 bridgehead atoms. The smallest absolute Gasteiger partial charge is 0.240 e. The molecule has 0 saturated heterocycles. The number of benzene rings is 1. The van der Waals surface area contributed by atoms with Crippen LogP contribution in [-0.2, 0) is 14.8 Å². The van der Waals surface area contributed by atoms with Gasteiger partial charge in [0, 0.05) is 13.7 Å². The molecule has 1 atom stereocenters. The second-order valence-corrected chi connectivity index (χ2v) is 6.03. The minimum absolute atomic E-state index is 0.0817. The Labute approximate surface area is 123 Å². The van der Waals surface area contributed by atoms with Crippen LogP contribution in [-0.4, -0.2) is 29.2 Å².